The summed E-state index contributed by atoms with van der Waals surface area (Å²) in [6.45, 7) is 2.28. The van der Waals surface area contributed by atoms with E-state index in [2.05, 4.69) is 15.2 Å². The van der Waals surface area contributed by atoms with Gasteiger partial charge in [0.15, 0.2) is 0 Å². The van der Waals surface area contributed by atoms with Crippen molar-refractivity contribution in [2.75, 3.05) is 11.9 Å². The molecule has 2 aromatic carbocycles. The van der Waals surface area contributed by atoms with Crippen molar-refractivity contribution in [3.05, 3.63) is 76.2 Å². The topological polar surface area (TPSA) is 41.9 Å². The maximum atomic E-state index is 13.8. The van der Waals surface area contributed by atoms with Crippen LogP contribution in [0.15, 0.2) is 42.5 Å². The van der Waals surface area contributed by atoms with E-state index in [0.29, 0.717) is 18.7 Å². The van der Waals surface area contributed by atoms with Crippen LogP contribution in [-0.4, -0.2) is 16.1 Å². The Morgan fingerprint density at radius 2 is 1.96 bits per heavy atom. The lowest BCUT2D eigenvalue weighted by Crippen LogP contribution is -2.28. The minimum Gasteiger partial charge on any atom is -0.340 e. The number of benzene rings is 2. The minimum absolute atomic E-state index is 0.0848. The number of halogens is 3. The molecule has 4 rings (SSSR count). The Hall–Kier alpha value is -2.44. The van der Waals surface area contributed by atoms with Gasteiger partial charge in [0, 0.05) is 25.2 Å². The third kappa shape index (κ3) is 3.43. The summed E-state index contributed by atoms with van der Waals surface area (Å²) in [4.78, 5) is 4.73. The van der Waals surface area contributed by atoms with Crippen molar-refractivity contribution in [3.63, 3.8) is 0 Å². The Kier molecular flexibility index (Phi) is 4.61. The van der Waals surface area contributed by atoms with E-state index >= 15 is 0 Å². The molecule has 0 saturated heterocycles. The highest BCUT2D eigenvalue weighted by molar-refractivity contribution is 6.30. The van der Waals surface area contributed by atoms with Crippen LogP contribution in [0, 0.1) is 11.6 Å². The predicted octanol–water partition coefficient (Wildman–Crippen LogP) is 4.25. The fraction of sp³-hybridized carbons (Fsp3) is 0.211. The number of rotatable bonds is 4. The molecular weight excluding hydrogens is 358 g/mol. The molecule has 0 aliphatic carbocycles. The molecule has 1 aromatic heterocycles. The smallest absolute Gasteiger partial charge is 0.143 e. The molecule has 7 heteroatoms. The van der Waals surface area contributed by atoms with Gasteiger partial charge in [0.05, 0.1) is 17.3 Å². The first-order valence-corrected chi connectivity index (χ1v) is 8.73. The van der Waals surface area contributed by atoms with Gasteiger partial charge in [0.1, 0.15) is 23.3 Å². The molecule has 0 fully saturated rings. The summed E-state index contributed by atoms with van der Waals surface area (Å²) in [7, 11) is 0. The van der Waals surface area contributed by atoms with Crippen LogP contribution in [0.5, 0.6) is 0 Å². The van der Waals surface area contributed by atoms with Gasteiger partial charge in [-0.15, -0.1) is 0 Å². The average Bonchev–Trinajstić information content (AvgIpc) is 2.97. The van der Waals surface area contributed by atoms with E-state index in [9.17, 15) is 8.78 Å². The van der Waals surface area contributed by atoms with Gasteiger partial charge in [0.25, 0.3) is 0 Å². The van der Waals surface area contributed by atoms with Crippen LogP contribution in [0.1, 0.15) is 17.1 Å². The van der Waals surface area contributed by atoms with Gasteiger partial charge >= 0.3 is 0 Å². The van der Waals surface area contributed by atoms with Crippen molar-refractivity contribution >= 4 is 23.1 Å². The highest BCUT2D eigenvalue weighted by Gasteiger charge is 2.20. The van der Waals surface area contributed by atoms with E-state index < -0.39 is 5.82 Å². The molecule has 0 atom stereocenters. The van der Waals surface area contributed by atoms with Crippen LogP contribution in [-0.2, 0) is 19.5 Å². The number of hydrogen-bond donors (Lipinski definition) is 2. The number of fused-ring (bicyclic) bond motifs is 1. The van der Waals surface area contributed by atoms with Crippen molar-refractivity contribution in [3.8, 4) is 0 Å². The molecule has 0 spiro atoms. The third-order valence-electron chi connectivity index (χ3n) is 4.38. The molecule has 134 valence electrons. The first-order valence-electron chi connectivity index (χ1n) is 8.35. The van der Waals surface area contributed by atoms with Crippen LogP contribution in [0.2, 0.25) is 5.02 Å². The average molecular weight is 375 g/mol. The zero-order valence-corrected chi connectivity index (χ0v) is 14.7. The van der Waals surface area contributed by atoms with Crippen LogP contribution in [0.4, 0.5) is 20.3 Å². The van der Waals surface area contributed by atoms with Crippen LogP contribution in [0.25, 0.3) is 0 Å². The second-order valence-electron chi connectivity index (χ2n) is 6.21. The minimum atomic E-state index is -0.475. The summed E-state index contributed by atoms with van der Waals surface area (Å²) in [5.74, 6) is 1.01. The monoisotopic (exact) mass is 374 g/mol. The molecule has 4 nitrogen and oxygen atoms in total. The maximum absolute atomic E-state index is 13.8. The zero-order chi connectivity index (χ0) is 18.1. The fourth-order valence-corrected chi connectivity index (χ4v) is 3.21. The van der Waals surface area contributed by atoms with Crippen LogP contribution in [0.3, 0.4) is 0 Å². The Morgan fingerprint density at radius 1 is 1.15 bits per heavy atom. The van der Waals surface area contributed by atoms with E-state index in [0.717, 1.165) is 36.0 Å². The van der Waals surface area contributed by atoms with Gasteiger partial charge in [-0.1, -0.05) is 23.7 Å². The Labute approximate surface area is 154 Å². The highest BCUT2D eigenvalue weighted by Crippen LogP contribution is 2.28. The Balaban J connectivity index is 1.70. The van der Waals surface area contributed by atoms with Crippen LogP contribution < -0.4 is 10.6 Å². The summed E-state index contributed by atoms with van der Waals surface area (Å²) in [5, 5.41) is 6.66. The standard InChI is InChI=1S/C19H17ClF2N4/c20-15-6-5-14(10-16(15)22)24-19-17(9-12-1-3-13(21)4-2-12)25-18-11-23-7-8-26(18)19/h1-6,10,23-24H,7-9,11H2. The first-order chi connectivity index (χ1) is 12.6. The van der Waals surface area contributed by atoms with Crippen molar-refractivity contribution in [1.82, 2.24) is 14.9 Å². The van der Waals surface area contributed by atoms with Gasteiger partial charge in [-0.05, 0) is 35.9 Å². The van der Waals surface area contributed by atoms with Gasteiger partial charge in [-0.3, -0.25) is 0 Å². The van der Waals surface area contributed by atoms with E-state index in [4.69, 9.17) is 16.6 Å². The van der Waals surface area contributed by atoms with E-state index in [1.54, 1.807) is 18.2 Å². The molecule has 2 heterocycles. The lowest BCUT2D eigenvalue weighted by atomic mass is 10.1. The number of nitrogens with zero attached hydrogens (tertiary/aromatic N) is 2. The van der Waals surface area contributed by atoms with Gasteiger partial charge in [0.2, 0.25) is 0 Å². The number of hydrogen-bond acceptors (Lipinski definition) is 3. The Morgan fingerprint density at radius 3 is 2.73 bits per heavy atom. The maximum Gasteiger partial charge on any atom is 0.143 e. The molecule has 0 amide bonds. The first kappa shape index (κ1) is 17.0. The van der Waals surface area contributed by atoms with Crippen molar-refractivity contribution in [1.29, 1.82) is 0 Å². The molecule has 26 heavy (non-hydrogen) atoms. The van der Waals surface area contributed by atoms with Crippen LogP contribution >= 0.6 is 11.6 Å². The molecule has 1 aliphatic heterocycles. The predicted molar refractivity (Wildman–Crippen MR) is 97.8 cm³/mol. The molecule has 0 bridgehead atoms. The lowest BCUT2D eigenvalue weighted by molar-refractivity contribution is 0.509. The Bertz CT molecular complexity index is 937. The highest BCUT2D eigenvalue weighted by atomic mass is 35.5. The summed E-state index contributed by atoms with van der Waals surface area (Å²) >= 11 is 5.77. The molecule has 0 saturated carbocycles. The van der Waals surface area contributed by atoms with Crippen molar-refractivity contribution in [2.45, 2.75) is 19.5 Å². The normalized spacial score (nSPS) is 13.5. The quantitative estimate of drug-likeness (QED) is 0.717. The van der Waals surface area contributed by atoms with Crippen molar-refractivity contribution in [2.24, 2.45) is 0 Å². The SMILES string of the molecule is Fc1ccc(Cc2nc3n(c2Nc2ccc(Cl)c(F)c2)CCNC3)cc1. The number of imidazole rings is 1. The summed E-state index contributed by atoms with van der Waals surface area (Å²) in [6.07, 6.45) is 0.554. The summed E-state index contributed by atoms with van der Waals surface area (Å²) in [5.41, 5.74) is 2.40. The molecule has 0 unspecified atom stereocenters. The van der Waals surface area contributed by atoms with Gasteiger partial charge in [-0.25, -0.2) is 13.8 Å². The second kappa shape index (κ2) is 7.05. The van der Waals surface area contributed by atoms with E-state index in [1.807, 2.05) is 0 Å². The number of aromatic nitrogens is 2. The van der Waals surface area contributed by atoms with Gasteiger partial charge < -0.3 is 15.2 Å². The number of anilines is 2. The number of nitrogens with one attached hydrogen (secondary N) is 2. The second-order valence-corrected chi connectivity index (χ2v) is 6.62. The summed E-state index contributed by atoms with van der Waals surface area (Å²) in [6, 6.07) is 11.0. The zero-order valence-electron chi connectivity index (χ0n) is 13.9. The molecule has 2 N–H and O–H groups in total. The van der Waals surface area contributed by atoms with Crippen molar-refractivity contribution < 1.29 is 8.78 Å². The molecule has 3 aromatic rings. The molecular formula is C19H17ClF2N4. The van der Waals surface area contributed by atoms with E-state index in [-0.39, 0.29) is 10.8 Å². The van der Waals surface area contributed by atoms with E-state index in [1.165, 1.54) is 24.3 Å². The molecule has 0 radical (unpaired) electrons. The summed E-state index contributed by atoms with van der Waals surface area (Å²) < 4.78 is 29.1. The molecule has 1 aliphatic rings. The largest absolute Gasteiger partial charge is 0.340 e. The fourth-order valence-electron chi connectivity index (χ4n) is 3.09. The van der Waals surface area contributed by atoms with Gasteiger partial charge in [-0.2, -0.15) is 0 Å². The third-order valence-corrected chi connectivity index (χ3v) is 4.69. The lowest BCUT2D eigenvalue weighted by Gasteiger charge is -2.18.